The van der Waals surface area contributed by atoms with Crippen LogP contribution in [0.4, 0.5) is 4.39 Å². The fourth-order valence-corrected chi connectivity index (χ4v) is 4.56. The second kappa shape index (κ2) is 9.12. The summed E-state index contributed by atoms with van der Waals surface area (Å²) in [5, 5.41) is 0. The van der Waals surface area contributed by atoms with E-state index in [2.05, 4.69) is 71.5 Å². The number of hydrogen-bond donors (Lipinski definition) is 0. The highest BCUT2D eigenvalue weighted by Gasteiger charge is 2.33. The summed E-state index contributed by atoms with van der Waals surface area (Å²) in [6, 6.07) is 24.6. The molecule has 0 radical (unpaired) electrons. The van der Waals surface area contributed by atoms with Gasteiger partial charge in [-0.15, -0.1) is 11.8 Å². The highest BCUT2D eigenvalue weighted by Crippen LogP contribution is 2.34. The van der Waals surface area contributed by atoms with Crippen LogP contribution in [0.5, 0.6) is 0 Å². The van der Waals surface area contributed by atoms with E-state index in [1.165, 1.54) is 21.6 Å². The molecule has 0 amide bonds. The number of benzene rings is 3. The smallest absolute Gasteiger partial charge is 0.127 e. The summed E-state index contributed by atoms with van der Waals surface area (Å²) in [5.41, 5.74) is 4.63. The van der Waals surface area contributed by atoms with Gasteiger partial charge in [-0.05, 0) is 42.5 Å². The van der Waals surface area contributed by atoms with Crippen molar-refractivity contribution in [1.29, 1.82) is 0 Å². The van der Waals surface area contributed by atoms with Crippen molar-refractivity contribution < 1.29 is 4.39 Å². The fraction of sp³-hybridized carbons (Fsp3) is 0.280. The Kier molecular flexibility index (Phi) is 6.34. The number of thioether (sulfide) groups is 1. The van der Waals surface area contributed by atoms with Gasteiger partial charge in [-0.1, -0.05) is 60.2 Å². The highest BCUT2D eigenvalue weighted by molar-refractivity contribution is 7.98. The van der Waals surface area contributed by atoms with E-state index in [1.807, 2.05) is 12.1 Å². The van der Waals surface area contributed by atoms with E-state index in [0.29, 0.717) is 6.54 Å². The van der Waals surface area contributed by atoms with Crippen molar-refractivity contribution in [1.82, 2.24) is 9.80 Å². The largest absolute Gasteiger partial charge is 0.279 e. The van der Waals surface area contributed by atoms with Crippen molar-refractivity contribution in [2.75, 3.05) is 19.3 Å². The minimum atomic E-state index is -0.124. The van der Waals surface area contributed by atoms with Gasteiger partial charge in [0, 0.05) is 36.6 Å². The molecule has 1 fully saturated rings. The molecule has 4 heteroatoms. The first kappa shape index (κ1) is 20.1. The predicted molar refractivity (Wildman–Crippen MR) is 119 cm³/mol. The molecular formula is C25H27FN2S. The Balaban J connectivity index is 1.62. The summed E-state index contributed by atoms with van der Waals surface area (Å²) in [7, 11) is 0. The maximum Gasteiger partial charge on any atom is 0.127 e. The van der Waals surface area contributed by atoms with Crippen LogP contribution in [0.2, 0.25) is 0 Å². The van der Waals surface area contributed by atoms with Crippen molar-refractivity contribution in [3.05, 3.63) is 101 Å². The lowest BCUT2D eigenvalue weighted by molar-refractivity contribution is 0.124. The predicted octanol–water partition coefficient (Wildman–Crippen LogP) is 5.87. The second-order valence-corrected chi connectivity index (χ2v) is 8.55. The van der Waals surface area contributed by atoms with Crippen molar-refractivity contribution in [3.8, 4) is 0 Å². The van der Waals surface area contributed by atoms with Crippen LogP contribution >= 0.6 is 11.8 Å². The standard InChI is InChI=1S/C25H27FN2S/c1-19-6-5-7-20(16-19)17-27-14-15-28(18-22-8-3-4-9-24(22)26)25(27)21-10-12-23(29-2)13-11-21/h3-13,16,25H,14-15,17-18H2,1-2H3/t25-/m0/s1. The lowest BCUT2D eigenvalue weighted by atomic mass is 10.1. The van der Waals surface area contributed by atoms with Crippen LogP contribution in [0.25, 0.3) is 0 Å². The monoisotopic (exact) mass is 406 g/mol. The topological polar surface area (TPSA) is 6.48 Å². The first-order valence-corrected chi connectivity index (χ1v) is 11.3. The molecule has 3 aromatic rings. The van der Waals surface area contributed by atoms with E-state index in [9.17, 15) is 4.39 Å². The van der Waals surface area contributed by atoms with E-state index in [-0.39, 0.29) is 12.0 Å². The molecule has 0 aromatic heterocycles. The SMILES string of the molecule is CSc1ccc([C@H]2N(Cc3cccc(C)c3)CCN2Cc2ccccc2F)cc1. The Morgan fingerprint density at radius 3 is 2.31 bits per heavy atom. The summed E-state index contributed by atoms with van der Waals surface area (Å²) in [5.74, 6) is -0.124. The van der Waals surface area contributed by atoms with Gasteiger partial charge in [0.1, 0.15) is 5.82 Å². The van der Waals surface area contributed by atoms with Crippen molar-refractivity contribution in [2.24, 2.45) is 0 Å². The van der Waals surface area contributed by atoms with Gasteiger partial charge >= 0.3 is 0 Å². The number of nitrogens with zero attached hydrogens (tertiary/aromatic N) is 2. The van der Waals surface area contributed by atoms with E-state index < -0.39 is 0 Å². The van der Waals surface area contributed by atoms with Gasteiger partial charge < -0.3 is 0 Å². The molecule has 29 heavy (non-hydrogen) atoms. The number of aryl methyl sites for hydroxylation is 1. The average molecular weight is 407 g/mol. The lowest BCUT2D eigenvalue weighted by Gasteiger charge is -2.31. The van der Waals surface area contributed by atoms with E-state index >= 15 is 0 Å². The zero-order valence-electron chi connectivity index (χ0n) is 17.0. The number of halogens is 1. The zero-order chi connectivity index (χ0) is 20.2. The first-order chi connectivity index (χ1) is 14.1. The molecule has 0 N–H and O–H groups in total. The molecule has 150 valence electrons. The van der Waals surface area contributed by atoms with E-state index in [0.717, 1.165) is 25.2 Å². The molecule has 1 heterocycles. The van der Waals surface area contributed by atoms with Crippen LogP contribution < -0.4 is 0 Å². The molecule has 1 atom stereocenters. The van der Waals surface area contributed by atoms with Crippen LogP contribution in [0.15, 0.2) is 77.7 Å². The van der Waals surface area contributed by atoms with Crippen LogP contribution in [-0.4, -0.2) is 29.1 Å². The quantitative estimate of drug-likeness (QED) is 0.473. The number of hydrogen-bond acceptors (Lipinski definition) is 3. The summed E-state index contributed by atoms with van der Waals surface area (Å²) in [6.45, 7) is 5.54. The minimum Gasteiger partial charge on any atom is -0.279 e. The van der Waals surface area contributed by atoms with Crippen LogP contribution in [0, 0.1) is 12.7 Å². The third kappa shape index (κ3) is 4.72. The Morgan fingerprint density at radius 1 is 0.897 bits per heavy atom. The van der Waals surface area contributed by atoms with Gasteiger partial charge in [0.15, 0.2) is 0 Å². The summed E-state index contributed by atoms with van der Waals surface area (Å²) in [6.07, 6.45) is 2.24. The normalized spacial score (nSPS) is 17.7. The third-order valence-electron chi connectivity index (χ3n) is 5.58. The molecule has 0 aliphatic carbocycles. The van der Waals surface area contributed by atoms with Crippen LogP contribution in [-0.2, 0) is 13.1 Å². The molecule has 1 aliphatic heterocycles. The molecular weight excluding hydrogens is 379 g/mol. The molecule has 1 aliphatic rings. The Bertz CT molecular complexity index is 957. The van der Waals surface area contributed by atoms with E-state index in [4.69, 9.17) is 0 Å². The van der Waals surface area contributed by atoms with Gasteiger partial charge in [0.05, 0.1) is 6.17 Å². The molecule has 2 nitrogen and oxygen atoms in total. The van der Waals surface area contributed by atoms with Crippen molar-refractivity contribution in [3.63, 3.8) is 0 Å². The Morgan fingerprint density at radius 2 is 1.62 bits per heavy atom. The molecule has 0 saturated carbocycles. The minimum absolute atomic E-state index is 0.124. The van der Waals surface area contributed by atoms with E-state index in [1.54, 1.807) is 23.9 Å². The molecule has 0 bridgehead atoms. The maximum atomic E-state index is 14.3. The Labute approximate surface area is 177 Å². The molecule has 0 spiro atoms. The highest BCUT2D eigenvalue weighted by atomic mass is 32.2. The van der Waals surface area contributed by atoms with Crippen LogP contribution in [0.3, 0.4) is 0 Å². The third-order valence-corrected chi connectivity index (χ3v) is 6.32. The maximum absolute atomic E-state index is 14.3. The summed E-state index contributed by atoms with van der Waals surface area (Å²) < 4.78 is 14.3. The van der Waals surface area contributed by atoms with Crippen molar-refractivity contribution in [2.45, 2.75) is 31.1 Å². The number of rotatable bonds is 6. The van der Waals surface area contributed by atoms with Gasteiger partial charge in [0.2, 0.25) is 0 Å². The Hall–Kier alpha value is -2.14. The molecule has 4 rings (SSSR count). The fourth-order valence-electron chi connectivity index (χ4n) is 4.15. The molecule has 1 saturated heterocycles. The molecule has 3 aromatic carbocycles. The van der Waals surface area contributed by atoms with Gasteiger partial charge in [0.25, 0.3) is 0 Å². The van der Waals surface area contributed by atoms with Crippen molar-refractivity contribution >= 4 is 11.8 Å². The van der Waals surface area contributed by atoms with Gasteiger partial charge in [-0.2, -0.15) is 0 Å². The average Bonchev–Trinajstić information content (AvgIpc) is 3.12. The first-order valence-electron chi connectivity index (χ1n) is 10.0. The zero-order valence-corrected chi connectivity index (χ0v) is 17.8. The second-order valence-electron chi connectivity index (χ2n) is 7.67. The van der Waals surface area contributed by atoms with Gasteiger partial charge in [-0.3, -0.25) is 9.80 Å². The molecule has 0 unspecified atom stereocenters. The summed E-state index contributed by atoms with van der Waals surface area (Å²) >= 11 is 1.75. The van der Waals surface area contributed by atoms with Crippen LogP contribution in [0.1, 0.15) is 28.4 Å². The lowest BCUT2D eigenvalue weighted by Crippen LogP contribution is -2.30. The van der Waals surface area contributed by atoms with Gasteiger partial charge in [-0.25, -0.2) is 4.39 Å². The summed E-state index contributed by atoms with van der Waals surface area (Å²) in [4.78, 5) is 6.16.